The van der Waals surface area contributed by atoms with E-state index in [-0.39, 0.29) is 5.91 Å². The highest BCUT2D eigenvalue weighted by Crippen LogP contribution is 2.27. The largest absolute Gasteiger partial charge is 0.497 e. The van der Waals surface area contributed by atoms with Crippen LogP contribution in [0.25, 0.3) is 6.08 Å². The van der Waals surface area contributed by atoms with Gasteiger partial charge in [-0.2, -0.15) is 0 Å². The first-order valence-electron chi connectivity index (χ1n) is 9.89. The molecule has 0 heterocycles. The number of methoxy groups -OCH3 is 2. The summed E-state index contributed by atoms with van der Waals surface area (Å²) in [5, 5.41) is 2.86. The molecule has 2 aromatic rings. The van der Waals surface area contributed by atoms with E-state index >= 15 is 0 Å². The molecule has 1 N–H and O–H groups in total. The second kappa shape index (κ2) is 11.0. The van der Waals surface area contributed by atoms with Crippen LogP contribution in [0.4, 0.5) is 5.69 Å². The summed E-state index contributed by atoms with van der Waals surface area (Å²) in [6.07, 6.45) is 2.87. The van der Waals surface area contributed by atoms with Crippen LogP contribution in [0.3, 0.4) is 0 Å². The van der Waals surface area contributed by atoms with Crippen LogP contribution in [0.1, 0.15) is 44.2 Å². The molecular weight excluding hydrogens is 382 g/mol. The van der Waals surface area contributed by atoms with Gasteiger partial charge >= 0.3 is 5.97 Å². The predicted molar refractivity (Wildman–Crippen MR) is 118 cm³/mol. The fraction of sp³-hybridized carbons (Fsp3) is 0.333. The number of para-hydroxylation sites is 1. The molecule has 0 fully saturated rings. The summed E-state index contributed by atoms with van der Waals surface area (Å²) in [6, 6.07) is 12.9. The second-order valence-corrected chi connectivity index (χ2v) is 6.94. The molecule has 0 aliphatic heterocycles. The smallest absolute Gasteiger partial charge is 0.331 e. The summed E-state index contributed by atoms with van der Waals surface area (Å²) in [7, 11) is 3.10. The van der Waals surface area contributed by atoms with Gasteiger partial charge in [0.1, 0.15) is 11.5 Å². The van der Waals surface area contributed by atoms with Gasteiger partial charge in [0.25, 0.3) is 5.91 Å². The molecule has 0 saturated heterocycles. The molecule has 6 nitrogen and oxygen atoms in total. The number of rotatable bonds is 9. The zero-order valence-electron chi connectivity index (χ0n) is 18.1. The fourth-order valence-corrected chi connectivity index (χ4v) is 2.85. The third kappa shape index (κ3) is 6.37. The summed E-state index contributed by atoms with van der Waals surface area (Å²) in [4.78, 5) is 24.7. The van der Waals surface area contributed by atoms with Gasteiger partial charge in [0.2, 0.25) is 0 Å². The van der Waals surface area contributed by atoms with Crippen LogP contribution in [0.2, 0.25) is 0 Å². The van der Waals surface area contributed by atoms with Crippen molar-refractivity contribution < 1.29 is 23.8 Å². The molecule has 0 saturated carbocycles. The fourth-order valence-electron chi connectivity index (χ4n) is 2.85. The highest BCUT2D eigenvalue weighted by molar-refractivity contribution is 5.97. The first kappa shape index (κ1) is 23.0. The number of hydrogen-bond acceptors (Lipinski definition) is 5. The van der Waals surface area contributed by atoms with E-state index in [4.69, 9.17) is 14.2 Å². The summed E-state index contributed by atoms with van der Waals surface area (Å²) in [6.45, 7) is 5.74. The molecular formula is C24H29NO5. The Morgan fingerprint density at radius 3 is 2.27 bits per heavy atom. The molecule has 0 spiro atoms. The van der Waals surface area contributed by atoms with Crippen LogP contribution in [0.15, 0.2) is 48.5 Å². The Morgan fingerprint density at radius 2 is 1.67 bits per heavy atom. The molecule has 6 heteroatoms. The van der Waals surface area contributed by atoms with E-state index in [1.54, 1.807) is 45.4 Å². The number of hydrogen-bond donors (Lipinski definition) is 1. The zero-order valence-corrected chi connectivity index (χ0v) is 18.1. The van der Waals surface area contributed by atoms with Gasteiger partial charge < -0.3 is 19.5 Å². The number of esters is 1. The van der Waals surface area contributed by atoms with Crippen molar-refractivity contribution in [3.63, 3.8) is 0 Å². The monoisotopic (exact) mass is 411 g/mol. The first-order chi connectivity index (χ1) is 14.4. The molecule has 2 atom stereocenters. The van der Waals surface area contributed by atoms with Crippen molar-refractivity contribution in [1.29, 1.82) is 0 Å². The predicted octanol–water partition coefficient (Wildman–Crippen LogP) is 4.80. The molecule has 160 valence electrons. The summed E-state index contributed by atoms with van der Waals surface area (Å²) < 4.78 is 15.7. The Hall–Kier alpha value is -3.28. The number of benzene rings is 2. The van der Waals surface area contributed by atoms with Crippen molar-refractivity contribution in [2.75, 3.05) is 19.5 Å². The Bertz CT molecular complexity index is 884. The molecule has 0 aromatic heterocycles. The van der Waals surface area contributed by atoms with E-state index in [1.807, 2.05) is 24.3 Å². The number of amides is 1. The van der Waals surface area contributed by atoms with Gasteiger partial charge in [0.15, 0.2) is 6.10 Å². The van der Waals surface area contributed by atoms with Gasteiger partial charge in [-0.15, -0.1) is 0 Å². The van der Waals surface area contributed by atoms with Gasteiger partial charge in [-0.05, 0) is 54.7 Å². The average molecular weight is 411 g/mol. The summed E-state index contributed by atoms with van der Waals surface area (Å²) in [5.74, 6) is 0.525. The molecule has 0 aliphatic rings. The van der Waals surface area contributed by atoms with Gasteiger partial charge in [0.05, 0.1) is 14.2 Å². The van der Waals surface area contributed by atoms with Crippen molar-refractivity contribution in [1.82, 2.24) is 0 Å². The third-order valence-electron chi connectivity index (χ3n) is 4.81. The van der Waals surface area contributed by atoms with E-state index in [9.17, 15) is 9.59 Å². The SMILES string of the molecule is CC[C@@H](C)c1ccccc1NC(=O)[C@@H](C)OC(=O)/C=C/c1cc(OC)cc(OC)c1. The van der Waals surface area contributed by atoms with Crippen molar-refractivity contribution in [3.05, 3.63) is 59.7 Å². The maximum absolute atomic E-state index is 12.5. The molecule has 0 unspecified atom stereocenters. The molecule has 2 aromatic carbocycles. The Kier molecular flexibility index (Phi) is 8.47. The van der Waals surface area contributed by atoms with Crippen molar-refractivity contribution in [3.8, 4) is 11.5 Å². The lowest BCUT2D eigenvalue weighted by Gasteiger charge is -2.17. The van der Waals surface area contributed by atoms with Crippen LogP contribution in [0, 0.1) is 0 Å². The minimum Gasteiger partial charge on any atom is -0.497 e. The molecule has 0 aliphatic carbocycles. The standard InChI is InChI=1S/C24H29NO5/c1-6-16(2)21-9-7-8-10-22(21)25-24(27)17(3)30-23(26)12-11-18-13-19(28-4)15-20(14-18)29-5/h7-17H,6H2,1-5H3,(H,25,27)/b12-11+/t16-,17-/m1/s1. The molecule has 2 rings (SSSR count). The van der Waals surface area contributed by atoms with Crippen molar-refractivity contribution in [2.24, 2.45) is 0 Å². The lowest BCUT2D eigenvalue weighted by atomic mass is 9.97. The molecule has 30 heavy (non-hydrogen) atoms. The first-order valence-corrected chi connectivity index (χ1v) is 9.89. The van der Waals surface area contributed by atoms with Crippen LogP contribution in [0.5, 0.6) is 11.5 Å². The highest BCUT2D eigenvalue weighted by Gasteiger charge is 2.19. The summed E-state index contributed by atoms with van der Waals surface area (Å²) >= 11 is 0. The average Bonchev–Trinajstić information content (AvgIpc) is 2.77. The maximum atomic E-state index is 12.5. The topological polar surface area (TPSA) is 73.9 Å². The Labute approximate surface area is 177 Å². The van der Waals surface area contributed by atoms with Gasteiger partial charge in [-0.1, -0.05) is 32.0 Å². The third-order valence-corrected chi connectivity index (χ3v) is 4.81. The summed E-state index contributed by atoms with van der Waals surface area (Å²) in [5.41, 5.74) is 2.50. The van der Waals surface area contributed by atoms with E-state index in [0.717, 1.165) is 17.7 Å². The number of nitrogens with one attached hydrogen (secondary N) is 1. The normalized spacial score (nSPS) is 12.8. The van der Waals surface area contributed by atoms with E-state index < -0.39 is 12.1 Å². The van der Waals surface area contributed by atoms with Crippen LogP contribution >= 0.6 is 0 Å². The van der Waals surface area contributed by atoms with Gasteiger partial charge in [-0.25, -0.2) is 4.79 Å². The number of carbonyl (C=O) groups is 2. The molecule has 0 bridgehead atoms. The van der Waals surface area contributed by atoms with Gasteiger partial charge in [0, 0.05) is 17.8 Å². The van der Waals surface area contributed by atoms with Crippen LogP contribution in [-0.2, 0) is 14.3 Å². The zero-order chi connectivity index (χ0) is 22.1. The number of carbonyl (C=O) groups excluding carboxylic acids is 2. The van der Waals surface area contributed by atoms with Crippen LogP contribution in [-0.4, -0.2) is 32.2 Å². The molecule has 0 radical (unpaired) electrons. The Morgan fingerprint density at radius 1 is 1.03 bits per heavy atom. The number of ether oxygens (including phenoxy) is 3. The quantitative estimate of drug-likeness (QED) is 0.474. The highest BCUT2D eigenvalue weighted by atomic mass is 16.5. The van der Waals surface area contributed by atoms with E-state index in [2.05, 4.69) is 19.2 Å². The lowest BCUT2D eigenvalue weighted by Crippen LogP contribution is -2.29. The van der Waals surface area contributed by atoms with E-state index in [0.29, 0.717) is 23.0 Å². The van der Waals surface area contributed by atoms with Crippen molar-refractivity contribution >= 4 is 23.6 Å². The van der Waals surface area contributed by atoms with Gasteiger partial charge in [-0.3, -0.25) is 4.79 Å². The minimum atomic E-state index is -0.938. The van der Waals surface area contributed by atoms with E-state index in [1.165, 1.54) is 6.08 Å². The van der Waals surface area contributed by atoms with Crippen molar-refractivity contribution in [2.45, 2.75) is 39.2 Å². The Balaban J connectivity index is 2.01. The van der Waals surface area contributed by atoms with Crippen LogP contribution < -0.4 is 14.8 Å². The molecule has 1 amide bonds. The number of anilines is 1. The second-order valence-electron chi connectivity index (χ2n) is 6.94. The lowest BCUT2D eigenvalue weighted by molar-refractivity contribution is -0.148. The maximum Gasteiger partial charge on any atom is 0.331 e. The minimum absolute atomic E-state index is 0.308.